The van der Waals surface area contributed by atoms with Gasteiger partial charge >= 0.3 is 0 Å². The van der Waals surface area contributed by atoms with Gasteiger partial charge in [0.05, 0.1) is 12.6 Å². The Labute approximate surface area is 141 Å². The number of benzene rings is 2. The van der Waals surface area contributed by atoms with Crippen molar-refractivity contribution in [1.82, 2.24) is 4.90 Å². The normalized spacial score (nSPS) is 16.0. The number of allylic oxidation sites excluding steroid dienone is 2. The first-order chi connectivity index (χ1) is 11.1. The molecule has 0 aromatic heterocycles. The van der Waals surface area contributed by atoms with Gasteiger partial charge in [-0.3, -0.25) is 4.79 Å². The Morgan fingerprint density at radius 2 is 1.65 bits per heavy atom. The summed E-state index contributed by atoms with van der Waals surface area (Å²) in [5.41, 5.74) is 3.04. The molecule has 0 spiro atoms. The molecular weight excluding hydrogens is 306 g/mol. The summed E-state index contributed by atoms with van der Waals surface area (Å²) in [6.07, 6.45) is 5.79. The third-order valence-corrected chi connectivity index (χ3v) is 4.27. The van der Waals surface area contributed by atoms with Crippen molar-refractivity contribution in [2.24, 2.45) is 0 Å². The summed E-state index contributed by atoms with van der Waals surface area (Å²) in [6.45, 7) is 2.22. The molecule has 2 aromatic rings. The van der Waals surface area contributed by atoms with Crippen LogP contribution in [0.25, 0.3) is 0 Å². The van der Waals surface area contributed by atoms with Gasteiger partial charge in [0.15, 0.2) is 5.78 Å². The highest BCUT2D eigenvalue weighted by atomic mass is 35.5. The lowest BCUT2D eigenvalue weighted by Gasteiger charge is -2.30. The SMILES string of the molecule is CC1=CC=CN(C(c2ccccc2)c2ccc(Cl)cc2)CC1=O. The third-order valence-electron chi connectivity index (χ3n) is 4.02. The second-order valence-corrected chi connectivity index (χ2v) is 6.09. The number of hydrogen-bond donors (Lipinski definition) is 0. The van der Waals surface area contributed by atoms with E-state index in [1.807, 2.05) is 67.7 Å². The molecule has 1 aliphatic heterocycles. The van der Waals surface area contributed by atoms with Crippen molar-refractivity contribution in [3.8, 4) is 0 Å². The molecule has 1 heterocycles. The Morgan fingerprint density at radius 3 is 2.35 bits per heavy atom. The minimum atomic E-state index is -0.0204. The monoisotopic (exact) mass is 323 g/mol. The molecule has 3 rings (SSSR count). The zero-order valence-corrected chi connectivity index (χ0v) is 13.7. The minimum Gasteiger partial charge on any atom is -0.359 e. The van der Waals surface area contributed by atoms with Crippen LogP contribution in [0.15, 0.2) is 78.5 Å². The number of halogens is 1. The van der Waals surface area contributed by atoms with Crippen molar-refractivity contribution < 1.29 is 4.79 Å². The Kier molecular flexibility index (Phi) is 4.63. The molecule has 3 heteroatoms. The van der Waals surface area contributed by atoms with Crippen LogP contribution >= 0.6 is 11.6 Å². The van der Waals surface area contributed by atoms with Crippen LogP contribution in [0.5, 0.6) is 0 Å². The van der Waals surface area contributed by atoms with Gasteiger partial charge in [0, 0.05) is 11.2 Å². The Bertz CT molecular complexity index is 747. The zero-order valence-electron chi connectivity index (χ0n) is 12.9. The fourth-order valence-electron chi connectivity index (χ4n) is 2.77. The molecule has 116 valence electrons. The minimum absolute atomic E-state index is 0.0204. The molecule has 0 saturated heterocycles. The molecule has 0 bridgehead atoms. The highest BCUT2D eigenvalue weighted by Crippen LogP contribution is 2.30. The summed E-state index contributed by atoms with van der Waals surface area (Å²) in [5, 5.41) is 0.709. The summed E-state index contributed by atoms with van der Waals surface area (Å²) < 4.78 is 0. The number of ketones is 1. The van der Waals surface area contributed by atoms with Gasteiger partial charge in [-0.1, -0.05) is 60.1 Å². The summed E-state index contributed by atoms with van der Waals surface area (Å²) in [5.74, 6) is 0.143. The van der Waals surface area contributed by atoms with Crippen LogP contribution in [0.2, 0.25) is 5.02 Å². The van der Waals surface area contributed by atoms with Crippen molar-refractivity contribution >= 4 is 17.4 Å². The van der Waals surface area contributed by atoms with Crippen molar-refractivity contribution in [1.29, 1.82) is 0 Å². The Balaban J connectivity index is 2.02. The Morgan fingerprint density at radius 1 is 1.00 bits per heavy atom. The smallest absolute Gasteiger partial charge is 0.177 e. The van der Waals surface area contributed by atoms with E-state index in [0.29, 0.717) is 11.6 Å². The number of Topliss-reactive ketones (excluding diaryl/α,β-unsaturated/α-hetero) is 1. The fourth-order valence-corrected chi connectivity index (χ4v) is 2.89. The fraction of sp³-hybridized carbons (Fsp3) is 0.150. The van der Waals surface area contributed by atoms with Gasteiger partial charge in [-0.2, -0.15) is 0 Å². The van der Waals surface area contributed by atoms with E-state index >= 15 is 0 Å². The zero-order chi connectivity index (χ0) is 16.2. The summed E-state index contributed by atoms with van der Waals surface area (Å²) >= 11 is 6.03. The molecule has 23 heavy (non-hydrogen) atoms. The average Bonchev–Trinajstić information content (AvgIpc) is 2.72. The van der Waals surface area contributed by atoms with E-state index < -0.39 is 0 Å². The molecule has 1 aliphatic rings. The lowest BCUT2D eigenvalue weighted by molar-refractivity contribution is -0.116. The lowest BCUT2D eigenvalue weighted by Crippen LogP contribution is -2.29. The van der Waals surface area contributed by atoms with Crippen LogP contribution < -0.4 is 0 Å². The van der Waals surface area contributed by atoms with Crippen LogP contribution in [-0.4, -0.2) is 17.2 Å². The molecule has 0 N–H and O–H groups in total. The number of carbonyl (C=O) groups is 1. The molecule has 0 radical (unpaired) electrons. The van der Waals surface area contributed by atoms with Crippen LogP contribution in [0.4, 0.5) is 0 Å². The third kappa shape index (κ3) is 3.54. The molecule has 0 amide bonds. The van der Waals surface area contributed by atoms with E-state index in [-0.39, 0.29) is 11.8 Å². The number of carbonyl (C=O) groups excluding carboxylic acids is 1. The van der Waals surface area contributed by atoms with Crippen LogP contribution in [0.1, 0.15) is 24.1 Å². The van der Waals surface area contributed by atoms with E-state index in [9.17, 15) is 4.79 Å². The molecule has 1 unspecified atom stereocenters. The van der Waals surface area contributed by atoms with Gasteiger partial charge in [0.25, 0.3) is 0 Å². The highest BCUT2D eigenvalue weighted by molar-refractivity contribution is 6.30. The Hall–Kier alpha value is -2.32. The number of hydrogen-bond acceptors (Lipinski definition) is 2. The average molecular weight is 324 g/mol. The molecule has 0 fully saturated rings. The quantitative estimate of drug-likeness (QED) is 0.810. The van der Waals surface area contributed by atoms with Crippen molar-refractivity contribution in [3.05, 3.63) is 94.7 Å². The first-order valence-corrected chi connectivity index (χ1v) is 7.97. The lowest BCUT2D eigenvalue weighted by atomic mass is 9.97. The number of rotatable bonds is 3. The van der Waals surface area contributed by atoms with Crippen LogP contribution in [-0.2, 0) is 4.79 Å². The van der Waals surface area contributed by atoms with Gasteiger partial charge < -0.3 is 4.90 Å². The van der Waals surface area contributed by atoms with E-state index in [1.165, 1.54) is 0 Å². The predicted molar refractivity (Wildman–Crippen MR) is 94.3 cm³/mol. The van der Waals surface area contributed by atoms with E-state index in [1.54, 1.807) is 0 Å². The largest absolute Gasteiger partial charge is 0.359 e. The maximum absolute atomic E-state index is 12.3. The topological polar surface area (TPSA) is 20.3 Å². The summed E-state index contributed by atoms with van der Waals surface area (Å²) in [7, 11) is 0. The van der Waals surface area contributed by atoms with Gasteiger partial charge in [-0.15, -0.1) is 0 Å². The summed E-state index contributed by atoms with van der Waals surface area (Å²) in [4.78, 5) is 14.4. The molecule has 0 saturated carbocycles. The maximum atomic E-state index is 12.3. The van der Waals surface area contributed by atoms with E-state index in [2.05, 4.69) is 17.0 Å². The second kappa shape index (κ2) is 6.84. The molecule has 2 aromatic carbocycles. The first kappa shape index (κ1) is 15.6. The van der Waals surface area contributed by atoms with Crippen molar-refractivity contribution in [2.75, 3.05) is 6.54 Å². The maximum Gasteiger partial charge on any atom is 0.177 e. The number of nitrogens with zero attached hydrogens (tertiary/aromatic N) is 1. The van der Waals surface area contributed by atoms with Gasteiger partial charge in [-0.05, 0) is 41.8 Å². The standard InChI is InChI=1S/C20H18ClNO/c1-15-6-5-13-22(14-19(15)23)20(16-7-3-2-4-8-16)17-9-11-18(21)12-10-17/h2-13,20H,14H2,1H3. The molecule has 2 nitrogen and oxygen atoms in total. The van der Waals surface area contributed by atoms with E-state index in [0.717, 1.165) is 16.7 Å². The first-order valence-electron chi connectivity index (χ1n) is 7.59. The van der Waals surface area contributed by atoms with Gasteiger partial charge in [-0.25, -0.2) is 0 Å². The van der Waals surface area contributed by atoms with Gasteiger partial charge in [0.1, 0.15) is 0 Å². The van der Waals surface area contributed by atoms with Crippen molar-refractivity contribution in [2.45, 2.75) is 13.0 Å². The predicted octanol–water partition coefficient (Wildman–Crippen LogP) is 4.77. The second-order valence-electron chi connectivity index (χ2n) is 5.65. The molecule has 1 atom stereocenters. The van der Waals surface area contributed by atoms with Crippen molar-refractivity contribution in [3.63, 3.8) is 0 Å². The highest BCUT2D eigenvalue weighted by Gasteiger charge is 2.23. The van der Waals surface area contributed by atoms with Gasteiger partial charge in [0.2, 0.25) is 0 Å². The summed E-state index contributed by atoms with van der Waals surface area (Å²) in [6, 6.07) is 18.0. The van der Waals surface area contributed by atoms with E-state index in [4.69, 9.17) is 11.6 Å². The molecular formula is C20H18ClNO. The molecule has 0 aliphatic carbocycles. The van der Waals surface area contributed by atoms with Crippen LogP contribution in [0.3, 0.4) is 0 Å². The van der Waals surface area contributed by atoms with Crippen LogP contribution in [0, 0.1) is 0 Å².